The SMILES string of the molecule is CCn1cc(CNC(=O)c2sc3ccccc3c2Cl)cn1. The van der Waals surface area contributed by atoms with Gasteiger partial charge in [-0.1, -0.05) is 29.8 Å². The summed E-state index contributed by atoms with van der Waals surface area (Å²) in [6, 6.07) is 7.75. The fourth-order valence-corrected chi connectivity index (χ4v) is 3.53. The molecule has 1 amide bonds. The highest BCUT2D eigenvalue weighted by Crippen LogP contribution is 2.34. The second kappa shape index (κ2) is 5.87. The normalized spacial score (nSPS) is 11.0. The Bertz CT molecular complexity index is 793. The van der Waals surface area contributed by atoms with Crippen LogP contribution < -0.4 is 5.32 Å². The minimum absolute atomic E-state index is 0.148. The molecule has 0 fully saturated rings. The molecule has 0 unspecified atom stereocenters. The van der Waals surface area contributed by atoms with Gasteiger partial charge in [-0.05, 0) is 13.0 Å². The Labute approximate surface area is 131 Å². The number of aromatic nitrogens is 2. The summed E-state index contributed by atoms with van der Waals surface area (Å²) in [5.74, 6) is -0.148. The molecule has 0 atom stereocenters. The summed E-state index contributed by atoms with van der Waals surface area (Å²) in [5, 5.41) is 8.52. The molecule has 4 nitrogen and oxygen atoms in total. The zero-order chi connectivity index (χ0) is 14.8. The van der Waals surface area contributed by atoms with Crippen LogP contribution in [0.25, 0.3) is 10.1 Å². The molecular formula is C15H14ClN3OS. The first-order valence-corrected chi connectivity index (χ1v) is 7.85. The molecule has 0 saturated heterocycles. The van der Waals surface area contributed by atoms with Gasteiger partial charge in [-0.3, -0.25) is 9.48 Å². The Hall–Kier alpha value is -1.85. The summed E-state index contributed by atoms with van der Waals surface area (Å²) in [6.07, 6.45) is 3.68. The van der Waals surface area contributed by atoms with Gasteiger partial charge in [0.15, 0.2) is 0 Å². The van der Waals surface area contributed by atoms with Crippen molar-refractivity contribution in [2.75, 3.05) is 0 Å². The highest BCUT2D eigenvalue weighted by molar-refractivity contribution is 7.21. The first kappa shape index (κ1) is 14.1. The summed E-state index contributed by atoms with van der Waals surface area (Å²) in [6.45, 7) is 3.28. The van der Waals surface area contributed by atoms with Gasteiger partial charge < -0.3 is 5.32 Å². The van der Waals surface area contributed by atoms with Crippen molar-refractivity contribution in [2.24, 2.45) is 0 Å². The molecule has 3 rings (SSSR count). The number of aryl methyl sites for hydroxylation is 1. The fraction of sp³-hybridized carbons (Fsp3) is 0.200. The van der Waals surface area contributed by atoms with Crippen molar-refractivity contribution in [3.8, 4) is 0 Å². The van der Waals surface area contributed by atoms with E-state index in [1.54, 1.807) is 6.20 Å². The molecule has 0 aliphatic heterocycles. The van der Waals surface area contributed by atoms with E-state index >= 15 is 0 Å². The van der Waals surface area contributed by atoms with Crippen molar-refractivity contribution in [3.63, 3.8) is 0 Å². The smallest absolute Gasteiger partial charge is 0.263 e. The summed E-state index contributed by atoms with van der Waals surface area (Å²) >= 11 is 7.71. The molecule has 2 aromatic heterocycles. The van der Waals surface area contributed by atoms with Gasteiger partial charge in [0, 0.05) is 34.9 Å². The van der Waals surface area contributed by atoms with Crippen LogP contribution in [-0.4, -0.2) is 15.7 Å². The topological polar surface area (TPSA) is 46.9 Å². The van der Waals surface area contributed by atoms with Crippen LogP contribution in [0, 0.1) is 0 Å². The van der Waals surface area contributed by atoms with E-state index in [9.17, 15) is 4.79 Å². The van der Waals surface area contributed by atoms with Crippen molar-refractivity contribution in [1.82, 2.24) is 15.1 Å². The minimum Gasteiger partial charge on any atom is -0.347 e. The Balaban J connectivity index is 1.76. The summed E-state index contributed by atoms with van der Waals surface area (Å²) in [4.78, 5) is 12.8. The van der Waals surface area contributed by atoms with Crippen LogP contribution in [0.2, 0.25) is 5.02 Å². The van der Waals surface area contributed by atoms with Gasteiger partial charge in [0.05, 0.1) is 11.2 Å². The number of carbonyl (C=O) groups excluding carboxylic acids is 1. The molecular weight excluding hydrogens is 306 g/mol. The average molecular weight is 320 g/mol. The first-order valence-electron chi connectivity index (χ1n) is 6.65. The van der Waals surface area contributed by atoms with Gasteiger partial charge in [-0.15, -0.1) is 11.3 Å². The average Bonchev–Trinajstić information content (AvgIpc) is 3.10. The second-order valence-electron chi connectivity index (χ2n) is 4.63. The van der Waals surface area contributed by atoms with Gasteiger partial charge in [0.2, 0.25) is 0 Å². The summed E-state index contributed by atoms with van der Waals surface area (Å²) in [7, 11) is 0. The highest BCUT2D eigenvalue weighted by atomic mass is 35.5. The van der Waals surface area contributed by atoms with E-state index in [1.165, 1.54) is 11.3 Å². The molecule has 0 bridgehead atoms. The van der Waals surface area contributed by atoms with E-state index in [4.69, 9.17) is 11.6 Å². The highest BCUT2D eigenvalue weighted by Gasteiger charge is 2.16. The van der Waals surface area contributed by atoms with E-state index < -0.39 is 0 Å². The lowest BCUT2D eigenvalue weighted by Crippen LogP contribution is -2.21. The quantitative estimate of drug-likeness (QED) is 0.797. The lowest BCUT2D eigenvalue weighted by molar-refractivity contribution is 0.0955. The van der Waals surface area contributed by atoms with Gasteiger partial charge in [0.1, 0.15) is 4.88 Å². The summed E-state index contributed by atoms with van der Waals surface area (Å²) < 4.78 is 2.85. The van der Waals surface area contributed by atoms with Crippen LogP contribution in [0.4, 0.5) is 0 Å². The van der Waals surface area contributed by atoms with Crippen LogP contribution in [0.5, 0.6) is 0 Å². The molecule has 0 spiro atoms. The van der Waals surface area contributed by atoms with Gasteiger partial charge >= 0.3 is 0 Å². The summed E-state index contributed by atoms with van der Waals surface area (Å²) in [5.41, 5.74) is 0.974. The monoisotopic (exact) mass is 319 g/mol. The number of fused-ring (bicyclic) bond motifs is 1. The molecule has 0 aliphatic carbocycles. The van der Waals surface area contributed by atoms with E-state index in [1.807, 2.05) is 42.1 Å². The number of nitrogens with zero attached hydrogens (tertiary/aromatic N) is 2. The molecule has 1 N–H and O–H groups in total. The van der Waals surface area contributed by atoms with E-state index in [0.717, 1.165) is 22.2 Å². The van der Waals surface area contributed by atoms with Gasteiger partial charge in [-0.25, -0.2) is 0 Å². The third kappa shape index (κ3) is 2.80. The van der Waals surface area contributed by atoms with Crippen LogP contribution >= 0.6 is 22.9 Å². The van der Waals surface area contributed by atoms with E-state index in [-0.39, 0.29) is 5.91 Å². The van der Waals surface area contributed by atoms with Crippen LogP contribution in [0.15, 0.2) is 36.7 Å². The lowest BCUT2D eigenvalue weighted by atomic mass is 10.2. The zero-order valence-corrected chi connectivity index (χ0v) is 13.0. The molecule has 21 heavy (non-hydrogen) atoms. The van der Waals surface area contributed by atoms with Gasteiger partial charge in [-0.2, -0.15) is 5.10 Å². The standard InChI is InChI=1S/C15H14ClN3OS/c1-2-19-9-10(8-18-19)7-17-15(20)14-13(16)11-5-3-4-6-12(11)21-14/h3-6,8-9H,2,7H2,1H3,(H,17,20). The minimum atomic E-state index is -0.148. The van der Waals surface area contributed by atoms with Crippen molar-refractivity contribution >= 4 is 38.9 Å². The number of halogens is 1. The lowest BCUT2D eigenvalue weighted by Gasteiger charge is -2.01. The number of hydrogen-bond donors (Lipinski definition) is 1. The van der Waals surface area contributed by atoms with E-state index in [2.05, 4.69) is 10.4 Å². The number of nitrogens with one attached hydrogen (secondary N) is 1. The first-order chi connectivity index (χ1) is 10.2. The molecule has 0 aliphatic rings. The number of benzene rings is 1. The molecule has 1 aromatic carbocycles. The Morgan fingerprint density at radius 3 is 2.95 bits per heavy atom. The molecule has 0 saturated carbocycles. The third-order valence-corrected chi connectivity index (χ3v) is 4.88. The number of thiophene rings is 1. The Morgan fingerprint density at radius 2 is 2.24 bits per heavy atom. The largest absolute Gasteiger partial charge is 0.347 e. The molecule has 2 heterocycles. The predicted molar refractivity (Wildman–Crippen MR) is 85.9 cm³/mol. The Kier molecular flexibility index (Phi) is 3.94. The van der Waals surface area contributed by atoms with Crippen LogP contribution in [-0.2, 0) is 13.1 Å². The Morgan fingerprint density at radius 1 is 1.43 bits per heavy atom. The maximum atomic E-state index is 12.3. The molecule has 3 aromatic rings. The van der Waals surface area contributed by atoms with Crippen molar-refractivity contribution < 1.29 is 4.79 Å². The molecule has 108 valence electrons. The molecule has 0 radical (unpaired) electrons. The van der Waals surface area contributed by atoms with E-state index in [0.29, 0.717) is 16.4 Å². The van der Waals surface area contributed by atoms with Crippen molar-refractivity contribution in [2.45, 2.75) is 20.0 Å². The fourth-order valence-electron chi connectivity index (χ4n) is 2.09. The number of rotatable bonds is 4. The van der Waals surface area contributed by atoms with Crippen molar-refractivity contribution in [3.05, 3.63) is 52.1 Å². The third-order valence-electron chi connectivity index (χ3n) is 3.20. The maximum absolute atomic E-state index is 12.3. The molecule has 6 heteroatoms. The van der Waals surface area contributed by atoms with Gasteiger partial charge in [0.25, 0.3) is 5.91 Å². The maximum Gasteiger partial charge on any atom is 0.263 e. The van der Waals surface area contributed by atoms with Crippen LogP contribution in [0.1, 0.15) is 22.2 Å². The number of carbonyl (C=O) groups is 1. The second-order valence-corrected chi connectivity index (χ2v) is 6.06. The zero-order valence-electron chi connectivity index (χ0n) is 11.5. The van der Waals surface area contributed by atoms with Crippen LogP contribution in [0.3, 0.4) is 0 Å². The van der Waals surface area contributed by atoms with Crippen molar-refractivity contribution in [1.29, 1.82) is 0 Å². The number of amides is 1. The predicted octanol–water partition coefficient (Wildman–Crippen LogP) is 3.70. The number of hydrogen-bond acceptors (Lipinski definition) is 3.